The van der Waals surface area contributed by atoms with Gasteiger partial charge in [-0.25, -0.2) is 9.97 Å². The van der Waals surface area contributed by atoms with Gasteiger partial charge in [0.25, 0.3) is 0 Å². The summed E-state index contributed by atoms with van der Waals surface area (Å²) < 4.78 is 10.9. The Bertz CT molecular complexity index is 1010. The van der Waals surface area contributed by atoms with Crippen molar-refractivity contribution < 1.29 is 13.9 Å². The standard InChI is InChI=1S/C22H26N4O3/c1-14-15(2)29-22-19(14)20(24-13-25-22)26-10-4-5-17(12-26)21(27)23-11-16-6-8-18(28-3)9-7-16/h6-9,13,17H,4-5,10-12H2,1-3H3,(H,23,27)/t17-/m0/s1. The second kappa shape index (κ2) is 8.11. The molecular weight excluding hydrogens is 368 g/mol. The van der Waals surface area contributed by atoms with Gasteiger partial charge in [-0.3, -0.25) is 4.79 Å². The molecule has 0 aliphatic carbocycles. The lowest BCUT2D eigenvalue weighted by Gasteiger charge is -2.33. The first-order valence-corrected chi connectivity index (χ1v) is 9.93. The minimum Gasteiger partial charge on any atom is -0.497 e. The first kappa shape index (κ1) is 19.2. The van der Waals surface area contributed by atoms with Crippen LogP contribution in [0.2, 0.25) is 0 Å². The molecule has 1 atom stereocenters. The van der Waals surface area contributed by atoms with Crippen LogP contribution in [0.15, 0.2) is 35.0 Å². The van der Waals surface area contributed by atoms with E-state index in [0.29, 0.717) is 18.8 Å². The van der Waals surface area contributed by atoms with E-state index in [-0.39, 0.29) is 11.8 Å². The summed E-state index contributed by atoms with van der Waals surface area (Å²) in [5.74, 6) is 2.53. The number of carbonyl (C=O) groups excluding carboxylic acids is 1. The summed E-state index contributed by atoms with van der Waals surface area (Å²) in [5, 5.41) is 4.02. The molecule has 7 nitrogen and oxygen atoms in total. The number of carbonyl (C=O) groups is 1. The van der Waals surface area contributed by atoms with Gasteiger partial charge in [-0.2, -0.15) is 0 Å². The number of nitrogens with zero attached hydrogens (tertiary/aromatic N) is 3. The summed E-state index contributed by atoms with van der Waals surface area (Å²) >= 11 is 0. The third kappa shape index (κ3) is 3.90. The molecular formula is C22H26N4O3. The number of anilines is 1. The number of piperidine rings is 1. The Kier molecular flexibility index (Phi) is 5.38. The fraction of sp³-hybridized carbons (Fsp3) is 0.409. The van der Waals surface area contributed by atoms with Gasteiger partial charge < -0.3 is 19.4 Å². The number of hydrogen-bond acceptors (Lipinski definition) is 6. The normalized spacial score (nSPS) is 16.8. The van der Waals surface area contributed by atoms with E-state index in [4.69, 9.17) is 9.15 Å². The largest absolute Gasteiger partial charge is 0.497 e. The average molecular weight is 394 g/mol. The van der Waals surface area contributed by atoms with Crippen molar-refractivity contribution in [2.45, 2.75) is 33.2 Å². The summed E-state index contributed by atoms with van der Waals surface area (Å²) in [5.41, 5.74) is 2.71. The fourth-order valence-electron chi connectivity index (χ4n) is 3.86. The summed E-state index contributed by atoms with van der Waals surface area (Å²) in [6.07, 6.45) is 3.36. The smallest absolute Gasteiger partial charge is 0.231 e. The zero-order chi connectivity index (χ0) is 20.4. The minimum atomic E-state index is -0.0692. The van der Waals surface area contributed by atoms with E-state index in [9.17, 15) is 4.79 Å². The molecule has 7 heteroatoms. The number of methoxy groups -OCH3 is 1. The van der Waals surface area contributed by atoms with Crippen LogP contribution in [0.5, 0.6) is 5.75 Å². The first-order valence-electron chi connectivity index (χ1n) is 9.93. The SMILES string of the molecule is COc1ccc(CNC(=O)[C@H]2CCCN(c3ncnc4oc(C)c(C)c34)C2)cc1. The molecule has 0 saturated carbocycles. The number of benzene rings is 1. The van der Waals surface area contributed by atoms with Gasteiger partial charge in [0.1, 0.15) is 23.7 Å². The molecule has 1 fully saturated rings. The molecule has 1 aliphatic heterocycles. The zero-order valence-corrected chi connectivity index (χ0v) is 17.1. The Balaban J connectivity index is 1.45. The lowest BCUT2D eigenvalue weighted by atomic mass is 9.96. The van der Waals surface area contributed by atoms with Gasteiger partial charge in [-0.05, 0) is 44.4 Å². The van der Waals surface area contributed by atoms with Gasteiger partial charge >= 0.3 is 0 Å². The highest BCUT2D eigenvalue weighted by molar-refractivity contribution is 5.90. The molecule has 4 rings (SSSR count). The molecule has 0 radical (unpaired) electrons. The second-order valence-corrected chi connectivity index (χ2v) is 7.51. The van der Waals surface area contributed by atoms with Crippen molar-refractivity contribution in [1.29, 1.82) is 0 Å². The Hall–Kier alpha value is -3.09. The number of aromatic nitrogens is 2. The molecule has 1 saturated heterocycles. The maximum atomic E-state index is 12.8. The highest BCUT2D eigenvalue weighted by atomic mass is 16.5. The van der Waals surface area contributed by atoms with Crippen LogP contribution in [-0.2, 0) is 11.3 Å². The molecule has 1 amide bonds. The third-order valence-corrected chi connectivity index (χ3v) is 5.66. The van der Waals surface area contributed by atoms with Crippen molar-refractivity contribution in [3.8, 4) is 5.75 Å². The van der Waals surface area contributed by atoms with Crippen molar-refractivity contribution in [1.82, 2.24) is 15.3 Å². The van der Waals surface area contributed by atoms with E-state index >= 15 is 0 Å². The van der Waals surface area contributed by atoms with Crippen LogP contribution in [0.1, 0.15) is 29.7 Å². The van der Waals surface area contributed by atoms with Gasteiger partial charge in [-0.15, -0.1) is 0 Å². The van der Waals surface area contributed by atoms with Crippen molar-refractivity contribution >= 4 is 22.8 Å². The van der Waals surface area contributed by atoms with E-state index in [1.807, 2.05) is 38.1 Å². The van der Waals surface area contributed by atoms with E-state index in [1.54, 1.807) is 7.11 Å². The first-order chi connectivity index (χ1) is 14.1. The molecule has 3 aromatic rings. The molecule has 0 unspecified atom stereocenters. The molecule has 152 valence electrons. The Morgan fingerprint density at radius 1 is 1.28 bits per heavy atom. The van der Waals surface area contributed by atoms with Crippen LogP contribution in [0.4, 0.5) is 5.82 Å². The lowest BCUT2D eigenvalue weighted by molar-refractivity contribution is -0.125. The highest BCUT2D eigenvalue weighted by Gasteiger charge is 2.28. The predicted molar refractivity (Wildman–Crippen MR) is 111 cm³/mol. The van der Waals surface area contributed by atoms with Crippen molar-refractivity contribution in [2.75, 3.05) is 25.1 Å². The van der Waals surface area contributed by atoms with Crippen molar-refractivity contribution in [3.63, 3.8) is 0 Å². The van der Waals surface area contributed by atoms with Gasteiger partial charge in [0.15, 0.2) is 0 Å². The number of fused-ring (bicyclic) bond motifs is 1. The maximum absolute atomic E-state index is 12.8. The summed E-state index contributed by atoms with van der Waals surface area (Å²) in [6, 6.07) is 7.74. The number of aryl methyl sites for hydroxylation is 2. The van der Waals surface area contributed by atoms with Crippen LogP contribution in [0.25, 0.3) is 11.1 Å². The van der Waals surface area contributed by atoms with Crippen LogP contribution in [0.3, 0.4) is 0 Å². The molecule has 3 heterocycles. The lowest BCUT2D eigenvalue weighted by Crippen LogP contribution is -2.43. The summed E-state index contributed by atoms with van der Waals surface area (Å²) in [7, 11) is 1.64. The van der Waals surface area contributed by atoms with E-state index < -0.39 is 0 Å². The Morgan fingerprint density at radius 2 is 2.07 bits per heavy atom. The highest BCUT2D eigenvalue weighted by Crippen LogP contribution is 2.32. The van der Waals surface area contributed by atoms with Gasteiger partial charge in [0.2, 0.25) is 11.6 Å². The zero-order valence-electron chi connectivity index (χ0n) is 17.1. The molecule has 1 N–H and O–H groups in total. The maximum Gasteiger partial charge on any atom is 0.231 e. The van der Waals surface area contributed by atoms with Crippen LogP contribution < -0.4 is 15.0 Å². The van der Waals surface area contributed by atoms with Gasteiger partial charge in [0, 0.05) is 25.2 Å². The van der Waals surface area contributed by atoms with Crippen molar-refractivity contribution in [2.24, 2.45) is 5.92 Å². The number of hydrogen-bond donors (Lipinski definition) is 1. The van der Waals surface area contributed by atoms with Crippen LogP contribution >= 0.6 is 0 Å². The average Bonchev–Trinajstić information content (AvgIpc) is 3.06. The molecule has 29 heavy (non-hydrogen) atoms. The van der Waals surface area contributed by atoms with Crippen molar-refractivity contribution in [3.05, 3.63) is 47.5 Å². The number of nitrogens with one attached hydrogen (secondary N) is 1. The quantitative estimate of drug-likeness (QED) is 0.715. The molecule has 1 aromatic carbocycles. The van der Waals surface area contributed by atoms with Gasteiger partial charge in [0.05, 0.1) is 18.4 Å². The molecule has 0 bridgehead atoms. The predicted octanol–water partition coefficient (Wildman–Crippen LogP) is 3.38. The Labute approximate surface area is 170 Å². The van der Waals surface area contributed by atoms with Gasteiger partial charge in [-0.1, -0.05) is 12.1 Å². The molecule has 0 spiro atoms. The monoisotopic (exact) mass is 394 g/mol. The third-order valence-electron chi connectivity index (χ3n) is 5.66. The number of amides is 1. The van der Waals surface area contributed by atoms with Crippen LogP contribution in [-0.4, -0.2) is 36.1 Å². The molecule has 2 aromatic heterocycles. The minimum absolute atomic E-state index is 0.0692. The Morgan fingerprint density at radius 3 is 2.83 bits per heavy atom. The van der Waals surface area contributed by atoms with E-state index in [0.717, 1.165) is 53.2 Å². The second-order valence-electron chi connectivity index (χ2n) is 7.51. The fourth-order valence-corrected chi connectivity index (χ4v) is 3.86. The summed E-state index contributed by atoms with van der Waals surface area (Å²) in [4.78, 5) is 23.8. The number of ether oxygens (including phenoxy) is 1. The number of furan rings is 1. The topological polar surface area (TPSA) is 80.5 Å². The molecule has 1 aliphatic rings. The van der Waals surface area contributed by atoms with Crippen LogP contribution in [0, 0.1) is 19.8 Å². The van der Waals surface area contributed by atoms with E-state index in [1.165, 1.54) is 6.33 Å². The van der Waals surface area contributed by atoms with E-state index in [2.05, 4.69) is 20.2 Å². The summed E-state index contributed by atoms with van der Waals surface area (Å²) in [6.45, 7) is 5.99. The number of rotatable bonds is 5.